The van der Waals surface area contributed by atoms with Gasteiger partial charge in [-0.2, -0.15) is 4.98 Å². The zero-order valence-electron chi connectivity index (χ0n) is 11.8. The highest BCUT2D eigenvalue weighted by Gasteiger charge is 2.20. The van der Waals surface area contributed by atoms with Gasteiger partial charge in [0.2, 0.25) is 5.82 Å². The summed E-state index contributed by atoms with van der Waals surface area (Å²) in [5, 5.41) is 11.5. The van der Waals surface area contributed by atoms with Gasteiger partial charge in [0.25, 0.3) is 5.89 Å². The van der Waals surface area contributed by atoms with Crippen LogP contribution in [-0.2, 0) is 0 Å². The highest BCUT2D eigenvalue weighted by Crippen LogP contribution is 2.26. The van der Waals surface area contributed by atoms with E-state index in [0.717, 1.165) is 5.56 Å². The lowest BCUT2D eigenvalue weighted by molar-refractivity contribution is 0.175. The van der Waals surface area contributed by atoms with Gasteiger partial charge in [0.1, 0.15) is 5.75 Å². The summed E-state index contributed by atoms with van der Waals surface area (Å²) in [5.41, 5.74) is 6.72. The molecule has 0 fully saturated rings. The molecule has 0 saturated heterocycles. The Balaban J connectivity index is 1.78. The van der Waals surface area contributed by atoms with Gasteiger partial charge in [-0.25, -0.2) is 4.63 Å². The molecule has 0 saturated carbocycles. The Morgan fingerprint density at radius 2 is 2.09 bits per heavy atom. The van der Waals surface area contributed by atoms with E-state index in [4.69, 9.17) is 26.6 Å². The van der Waals surface area contributed by atoms with Crippen molar-refractivity contribution in [1.29, 1.82) is 0 Å². The lowest BCUT2D eigenvalue weighted by Crippen LogP contribution is -2.03. The summed E-state index contributed by atoms with van der Waals surface area (Å²) in [5.74, 6) is 1.22. The van der Waals surface area contributed by atoms with Crippen LogP contribution in [0.2, 0.25) is 5.02 Å². The number of hydrogen-bond donors (Lipinski definition) is 1. The second-order valence-electron chi connectivity index (χ2n) is 4.63. The summed E-state index contributed by atoms with van der Waals surface area (Å²) in [6.07, 6.45) is -0.456. The highest BCUT2D eigenvalue weighted by atomic mass is 35.5. The van der Waals surface area contributed by atoms with Gasteiger partial charge in [-0.15, -0.1) is 0 Å². The van der Waals surface area contributed by atoms with Crippen molar-refractivity contribution in [3.63, 3.8) is 0 Å². The minimum absolute atomic E-state index is 0.0919. The van der Waals surface area contributed by atoms with Crippen molar-refractivity contribution >= 4 is 17.4 Å². The lowest BCUT2D eigenvalue weighted by Gasteiger charge is -2.11. The summed E-state index contributed by atoms with van der Waals surface area (Å²) < 4.78 is 15.4. The maximum atomic E-state index is 5.98. The molecule has 8 nitrogen and oxygen atoms in total. The van der Waals surface area contributed by atoms with Gasteiger partial charge in [-0.1, -0.05) is 16.8 Å². The van der Waals surface area contributed by atoms with E-state index in [-0.39, 0.29) is 23.2 Å². The largest absolute Gasteiger partial charge is 0.481 e. The van der Waals surface area contributed by atoms with Crippen molar-refractivity contribution in [2.45, 2.75) is 20.0 Å². The van der Waals surface area contributed by atoms with Crippen LogP contribution in [0.5, 0.6) is 5.75 Å². The number of aromatic nitrogens is 4. The monoisotopic (exact) mass is 321 g/mol. The standard InChI is InChI=1S/C13H12ClN5O3/c1-6-5-8(3-4-9(6)14)20-7(2)13-16-12(19-21-13)10-11(15)18-22-17-10/h3-5,7H,1-2H3,(H2,15,18). The zero-order valence-corrected chi connectivity index (χ0v) is 12.5. The summed E-state index contributed by atoms with van der Waals surface area (Å²) >= 11 is 5.98. The molecule has 114 valence electrons. The van der Waals surface area contributed by atoms with Gasteiger partial charge in [-0.05, 0) is 47.9 Å². The predicted octanol–water partition coefficient (Wildman–Crippen LogP) is 2.80. The molecule has 0 bridgehead atoms. The van der Waals surface area contributed by atoms with E-state index >= 15 is 0 Å². The van der Waals surface area contributed by atoms with Crippen molar-refractivity contribution in [2.24, 2.45) is 0 Å². The van der Waals surface area contributed by atoms with Crippen LogP contribution in [0.25, 0.3) is 11.5 Å². The third kappa shape index (κ3) is 2.73. The second-order valence-corrected chi connectivity index (χ2v) is 5.03. The summed E-state index contributed by atoms with van der Waals surface area (Å²) in [7, 11) is 0. The quantitative estimate of drug-likeness (QED) is 0.780. The molecule has 2 heterocycles. The molecule has 1 atom stereocenters. The minimum Gasteiger partial charge on any atom is -0.481 e. The fourth-order valence-corrected chi connectivity index (χ4v) is 1.91. The normalized spacial score (nSPS) is 12.3. The van der Waals surface area contributed by atoms with Crippen LogP contribution in [0.1, 0.15) is 24.5 Å². The Morgan fingerprint density at radius 3 is 2.77 bits per heavy atom. The highest BCUT2D eigenvalue weighted by molar-refractivity contribution is 6.31. The van der Waals surface area contributed by atoms with Gasteiger partial charge < -0.3 is 15.0 Å². The molecule has 0 amide bonds. The Labute approximate surface area is 130 Å². The average molecular weight is 322 g/mol. The van der Waals surface area contributed by atoms with Crippen molar-refractivity contribution < 1.29 is 13.9 Å². The minimum atomic E-state index is -0.456. The first-order chi connectivity index (χ1) is 10.5. The fraction of sp³-hybridized carbons (Fsp3) is 0.231. The third-order valence-electron chi connectivity index (χ3n) is 2.96. The molecule has 0 spiro atoms. The first kappa shape index (κ1) is 14.3. The third-order valence-corrected chi connectivity index (χ3v) is 3.38. The number of anilines is 1. The summed E-state index contributed by atoms with van der Waals surface area (Å²) in [6, 6.07) is 5.36. The first-order valence-corrected chi connectivity index (χ1v) is 6.77. The number of nitrogens with two attached hydrogens (primary N) is 1. The van der Waals surface area contributed by atoms with E-state index in [0.29, 0.717) is 10.8 Å². The molecular weight excluding hydrogens is 310 g/mol. The van der Waals surface area contributed by atoms with E-state index in [1.165, 1.54) is 0 Å². The van der Waals surface area contributed by atoms with E-state index < -0.39 is 6.10 Å². The van der Waals surface area contributed by atoms with Gasteiger partial charge in [-0.3, -0.25) is 0 Å². The van der Waals surface area contributed by atoms with E-state index in [1.807, 2.05) is 13.0 Å². The number of nitrogens with zero attached hydrogens (tertiary/aromatic N) is 4. The van der Waals surface area contributed by atoms with E-state index in [9.17, 15) is 0 Å². The van der Waals surface area contributed by atoms with Gasteiger partial charge in [0.15, 0.2) is 17.6 Å². The lowest BCUT2D eigenvalue weighted by atomic mass is 10.2. The molecule has 0 aliphatic heterocycles. The van der Waals surface area contributed by atoms with Crippen molar-refractivity contribution in [1.82, 2.24) is 20.5 Å². The van der Waals surface area contributed by atoms with Crippen LogP contribution in [0.3, 0.4) is 0 Å². The Kier molecular flexibility index (Phi) is 3.68. The van der Waals surface area contributed by atoms with Crippen molar-refractivity contribution in [3.8, 4) is 17.3 Å². The molecule has 3 aromatic rings. The molecule has 9 heteroatoms. The molecular formula is C13H12ClN5O3. The second kappa shape index (κ2) is 5.64. The maximum Gasteiger partial charge on any atom is 0.267 e. The number of halogens is 1. The molecule has 1 unspecified atom stereocenters. The fourth-order valence-electron chi connectivity index (χ4n) is 1.79. The molecule has 0 radical (unpaired) electrons. The molecule has 2 aromatic heterocycles. The van der Waals surface area contributed by atoms with Crippen LogP contribution < -0.4 is 10.5 Å². The van der Waals surface area contributed by atoms with Crippen LogP contribution >= 0.6 is 11.6 Å². The molecule has 1 aromatic carbocycles. The van der Waals surface area contributed by atoms with Gasteiger partial charge in [0, 0.05) is 5.02 Å². The van der Waals surface area contributed by atoms with E-state index in [1.54, 1.807) is 19.1 Å². The number of benzene rings is 1. The SMILES string of the molecule is Cc1cc(OC(C)c2nc(-c3nonc3N)no2)ccc1Cl. The molecule has 0 aliphatic rings. The first-order valence-electron chi connectivity index (χ1n) is 6.39. The Bertz CT molecular complexity index is 801. The number of nitrogen functional groups attached to an aromatic ring is 1. The topological polar surface area (TPSA) is 113 Å². The van der Waals surface area contributed by atoms with E-state index in [2.05, 4.69) is 25.1 Å². The molecule has 22 heavy (non-hydrogen) atoms. The molecule has 3 rings (SSSR count). The van der Waals surface area contributed by atoms with Gasteiger partial charge in [0.05, 0.1) is 0 Å². The Hall–Kier alpha value is -2.61. The van der Waals surface area contributed by atoms with Crippen LogP contribution in [0.4, 0.5) is 5.82 Å². The zero-order chi connectivity index (χ0) is 15.7. The number of rotatable bonds is 4. The van der Waals surface area contributed by atoms with Crippen LogP contribution in [0.15, 0.2) is 27.4 Å². The summed E-state index contributed by atoms with van der Waals surface area (Å²) in [4.78, 5) is 4.18. The van der Waals surface area contributed by atoms with Crippen LogP contribution in [-0.4, -0.2) is 20.5 Å². The smallest absolute Gasteiger partial charge is 0.267 e. The number of aryl methyl sites for hydroxylation is 1. The van der Waals surface area contributed by atoms with Crippen LogP contribution in [0, 0.1) is 6.92 Å². The average Bonchev–Trinajstić information content (AvgIpc) is 3.11. The Morgan fingerprint density at radius 1 is 1.27 bits per heavy atom. The summed E-state index contributed by atoms with van der Waals surface area (Å²) in [6.45, 7) is 3.68. The van der Waals surface area contributed by atoms with Crippen molar-refractivity contribution in [2.75, 3.05) is 5.73 Å². The predicted molar refractivity (Wildman–Crippen MR) is 77.2 cm³/mol. The van der Waals surface area contributed by atoms with Crippen molar-refractivity contribution in [3.05, 3.63) is 34.7 Å². The maximum absolute atomic E-state index is 5.98. The molecule has 0 aliphatic carbocycles. The number of hydrogen-bond acceptors (Lipinski definition) is 8. The molecule has 2 N–H and O–H groups in total. The number of ether oxygens (including phenoxy) is 1. The van der Waals surface area contributed by atoms with Gasteiger partial charge >= 0.3 is 0 Å².